The van der Waals surface area contributed by atoms with E-state index in [4.69, 9.17) is 9.47 Å². The molecule has 0 bridgehead atoms. The average molecular weight is 282 g/mol. The fraction of sp³-hybridized carbons (Fsp3) is 0.600. The van der Waals surface area contributed by atoms with Gasteiger partial charge in [0.2, 0.25) is 0 Å². The number of nitrogens with zero attached hydrogens (tertiary/aromatic N) is 1. The van der Waals surface area contributed by atoms with E-state index in [1.54, 1.807) is 19.2 Å². The second kappa shape index (κ2) is 8.07. The summed E-state index contributed by atoms with van der Waals surface area (Å²) in [6, 6.07) is 4.75. The van der Waals surface area contributed by atoms with E-state index < -0.39 is 0 Å². The van der Waals surface area contributed by atoms with Crippen LogP contribution in [-0.4, -0.2) is 46.5 Å². The Hall–Kier alpha value is -1.33. The van der Waals surface area contributed by atoms with Crippen LogP contribution in [-0.2, 0) is 4.74 Å². The highest BCUT2D eigenvalue weighted by atomic mass is 19.1. The highest BCUT2D eigenvalue weighted by molar-refractivity contribution is 5.59. The number of nitrogens with one attached hydrogen (secondary N) is 1. The third-order valence-electron chi connectivity index (χ3n) is 3.38. The number of methoxy groups -OCH3 is 1. The van der Waals surface area contributed by atoms with Gasteiger partial charge in [0.05, 0.1) is 12.3 Å². The summed E-state index contributed by atoms with van der Waals surface area (Å²) < 4.78 is 24.3. The minimum absolute atomic E-state index is 0.217. The van der Waals surface area contributed by atoms with Crippen molar-refractivity contribution in [1.29, 1.82) is 0 Å². The maximum atomic E-state index is 13.5. The second-order valence-corrected chi connectivity index (χ2v) is 4.90. The predicted molar refractivity (Wildman–Crippen MR) is 78.1 cm³/mol. The standard InChI is InChI=1S/C15H23FN2O2/c1-19-10-2-3-11-20-15-5-4-13(16)12-14(15)18-8-6-17-7-9-18/h4-5,12,17H,2-3,6-11H2,1H3. The lowest BCUT2D eigenvalue weighted by Gasteiger charge is -2.30. The molecule has 2 rings (SSSR count). The zero-order valence-corrected chi connectivity index (χ0v) is 12.0. The van der Waals surface area contributed by atoms with Crippen molar-refractivity contribution in [2.24, 2.45) is 0 Å². The van der Waals surface area contributed by atoms with Crippen LogP contribution in [0.5, 0.6) is 5.75 Å². The lowest BCUT2D eigenvalue weighted by Crippen LogP contribution is -2.43. The first-order chi connectivity index (χ1) is 9.81. The Balaban J connectivity index is 1.96. The molecule has 1 heterocycles. The van der Waals surface area contributed by atoms with Gasteiger partial charge in [-0.15, -0.1) is 0 Å². The van der Waals surface area contributed by atoms with E-state index in [-0.39, 0.29) is 5.82 Å². The summed E-state index contributed by atoms with van der Waals surface area (Å²) in [6.45, 7) is 4.98. The first-order valence-corrected chi connectivity index (χ1v) is 7.18. The molecule has 5 heteroatoms. The van der Waals surface area contributed by atoms with E-state index in [1.165, 1.54) is 6.07 Å². The summed E-state index contributed by atoms with van der Waals surface area (Å²) in [5.41, 5.74) is 0.859. The summed E-state index contributed by atoms with van der Waals surface area (Å²) in [7, 11) is 1.70. The molecule has 0 radical (unpaired) electrons. The normalized spacial score (nSPS) is 15.4. The molecule has 112 valence electrons. The Morgan fingerprint density at radius 2 is 1.95 bits per heavy atom. The molecule has 0 aliphatic carbocycles. The molecule has 1 N–H and O–H groups in total. The van der Waals surface area contributed by atoms with Gasteiger partial charge in [-0.2, -0.15) is 0 Å². The molecule has 1 aliphatic heterocycles. The molecule has 0 amide bonds. The van der Waals surface area contributed by atoms with Crippen molar-refractivity contribution in [2.75, 3.05) is 51.4 Å². The highest BCUT2D eigenvalue weighted by Crippen LogP contribution is 2.29. The van der Waals surface area contributed by atoms with Crippen LogP contribution >= 0.6 is 0 Å². The van der Waals surface area contributed by atoms with Gasteiger partial charge in [-0.25, -0.2) is 4.39 Å². The molecule has 0 saturated carbocycles. The first kappa shape index (κ1) is 15.1. The Labute approximate surface area is 119 Å². The maximum Gasteiger partial charge on any atom is 0.142 e. The number of unbranched alkanes of at least 4 members (excludes halogenated alkanes) is 1. The quantitative estimate of drug-likeness (QED) is 0.776. The van der Waals surface area contributed by atoms with E-state index in [9.17, 15) is 4.39 Å². The van der Waals surface area contributed by atoms with Gasteiger partial charge in [-0.05, 0) is 25.0 Å². The Bertz CT molecular complexity index is 409. The number of hydrogen-bond acceptors (Lipinski definition) is 4. The lowest BCUT2D eigenvalue weighted by atomic mass is 10.2. The Kier molecular flexibility index (Phi) is 6.08. The van der Waals surface area contributed by atoms with Crippen molar-refractivity contribution in [2.45, 2.75) is 12.8 Å². The summed E-state index contributed by atoms with van der Waals surface area (Å²) in [5, 5.41) is 3.29. The first-order valence-electron chi connectivity index (χ1n) is 7.18. The zero-order valence-electron chi connectivity index (χ0n) is 12.0. The van der Waals surface area contributed by atoms with E-state index in [1.807, 2.05) is 0 Å². The van der Waals surface area contributed by atoms with Crippen molar-refractivity contribution < 1.29 is 13.9 Å². The molecule has 1 aromatic carbocycles. The van der Waals surface area contributed by atoms with Crippen LogP contribution < -0.4 is 15.0 Å². The molecule has 1 saturated heterocycles. The summed E-state index contributed by atoms with van der Waals surface area (Å²) in [5.74, 6) is 0.552. The van der Waals surface area contributed by atoms with Gasteiger partial charge in [0.25, 0.3) is 0 Å². The van der Waals surface area contributed by atoms with Crippen molar-refractivity contribution in [3.8, 4) is 5.75 Å². The van der Waals surface area contributed by atoms with Crippen LogP contribution in [0.2, 0.25) is 0 Å². The van der Waals surface area contributed by atoms with Gasteiger partial charge >= 0.3 is 0 Å². The fourth-order valence-corrected chi connectivity index (χ4v) is 2.30. The molecule has 0 unspecified atom stereocenters. The molecule has 4 nitrogen and oxygen atoms in total. The van der Waals surface area contributed by atoms with Crippen molar-refractivity contribution in [3.05, 3.63) is 24.0 Å². The molecule has 0 atom stereocenters. The summed E-state index contributed by atoms with van der Waals surface area (Å²) in [6.07, 6.45) is 1.91. The monoisotopic (exact) mass is 282 g/mol. The van der Waals surface area contributed by atoms with E-state index in [0.717, 1.165) is 57.1 Å². The molecular weight excluding hydrogens is 259 g/mol. The number of piperazine rings is 1. The SMILES string of the molecule is COCCCCOc1ccc(F)cc1N1CCNCC1. The van der Waals surface area contributed by atoms with Crippen LogP contribution in [0.3, 0.4) is 0 Å². The molecule has 0 aromatic heterocycles. The number of rotatable bonds is 7. The van der Waals surface area contributed by atoms with E-state index in [2.05, 4.69) is 10.2 Å². The second-order valence-electron chi connectivity index (χ2n) is 4.90. The summed E-state index contributed by atoms with van der Waals surface area (Å²) >= 11 is 0. The van der Waals surface area contributed by atoms with Crippen LogP contribution in [0.25, 0.3) is 0 Å². The molecule has 1 fully saturated rings. The number of anilines is 1. The van der Waals surface area contributed by atoms with Crippen LogP contribution in [0, 0.1) is 5.82 Å². The van der Waals surface area contributed by atoms with Crippen molar-refractivity contribution in [3.63, 3.8) is 0 Å². The third-order valence-corrected chi connectivity index (χ3v) is 3.38. The van der Waals surface area contributed by atoms with Gasteiger partial charge in [-0.3, -0.25) is 0 Å². The van der Waals surface area contributed by atoms with Crippen LogP contribution in [0.15, 0.2) is 18.2 Å². The number of benzene rings is 1. The smallest absolute Gasteiger partial charge is 0.142 e. The molecular formula is C15H23FN2O2. The van der Waals surface area contributed by atoms with Crippen LogP contribution in [0.4, 0.5) is 10.1 Å². The lowest BCUT2D eigenvalue weighted by molar-refractivity contribution is 0.184. The summed E-state index contributed by atoms with van der Waals surface area (Å²) in [4.78, 5) is 2.17. The molecule has 20 heavy (non-hydrogen) atoms. The maximum absolute atomic E-state index is 13.5. The largest absolute Gasteiger partial charge is 0.491 e. The minimum atomic E-state index is -0.217. The van der Waals surface area contributed by atoms with Crippen LogP contribution in [0.1, 0.15) is 12.8 Å². The minimum Gasteiger partial charge on any atom is -0.491 e. The predicted octanol–water partition coefficient (Wildman–Crippen LogP) is 2.04. The Morgan fingerprint density at radius 1 is 1.20 bits per heavy atom. The van der Waals surface area contributed by atoms with Gasteiger partial charge in [0, 0.05) is 46.0 Å². The van der Waals surface area contributed by atoms with Gasteiger partial charge in [-0.1, -0.05) is 0 Å². The topological polar surface area (TPSA) is 33.7 Å². The van der Waals surface area contributed by atoms with Crippen molar-refractivity contribution in [1.82, 2.24) is 5.32 Å². The van der Waals surface area contributed by atoms with Gasteiger partial charge in [0.15, 0.2) is 0 Å². The van der Waals surface area contributed by atoms with Gasteiger partial charge in [0.1, 0.15) is 11.6 Å². The number of hydrogen-bond donors (Lipinski definition) is 1. The van der Waals surface area contributed by atoms with Gasteiger partial charge < -0.3 is 19.7 Å². The van der Waals surface area contributed by atoms with E-state index >= 15 is 0 Å². The highest BCUT2D eigenvalue weighted by Gasteiger charge is 2.15. The molecule has 1 aromatic rings. The number of halogens is 1. The van der Waals surface area contributed by atoms with Crippen molar-refractivity contribution >= 4 is 5.69 Å². The average Bonchev–Trinajstić information content (AvgIpc) is 2.49. The van der Waals surface area contributed by atoms with E-state index in [0.29, 0.717) is 6.61 Å². The zero-order chi connectivity index (χ0) is 14.2. The fourth-order valence-electron chi connectivity index (χ4n) is 2.30. The Morgan fingerprint density at radius 3 is 2.70 bits per heavy atom. The molecule has 0 spiro atoms. The third kappa shape index (κ3) is 4.35. The number of ether oxygens (including phenoxy) is 2. The molecule has 1 aliphatic rings.